The van der Waals surface area contributed by atoms with Crippen molar-refractivity contribution < 1.29 is 17.7 Å². The molecule has 12 nitrogen and oxygen atoms in total. The number of pyridine rings is 2. The van der Waals surface area contributed by atoms with Gasteiger partial charge >= 0.3 is 24.1 Å². The first-order valence-electron chi connectivity index (χ1n) is 12.7. The molecule has 0 radical (unpaired) electrons. The maximum absolute atomic E-state index is 5.74. The fraction of sp³-hybridized carbons (Fsp3) is 0.103. The van der Waals surface area contributed by atoms with Gasteiger partial charge < -0.3 is 17.7 Å². The Morgan fingerprint density at radius 2 is 1.02 bits per heavy atom. The second-order valence-electron chi connectivity index (χ2n) is 9.24. The molecule has 8 aromatic rings. The van der Waals surface area contributed by atoms with Gasteiger partial charge in [0, 0.05) is 30.6 Å². The second-order valence-corrected chi connectivity index (χ2v) is 9.24. The highest BCUT2D eigenvalue weighted by Gasteiger charge is 2.17. The summed E-state index contributed by atoms with van der Waals surface area (Å²) in [7, 11) is 1.80. The molecule has 202 valence electrons. The summed E-state index contributed by atoms with van der Waals surface area (Å²) in [5.74, 6) is 0. The van der Waals surface area contributed by atoms with E-state index in [4.69, 9.17) is 17.7 Å². The van der Waals surface area contributed by atoms with Crippen LogP contribution in [0.25, 0.3) is 44.4 Å². The van der Waals surface area contributed by atoms with E-state index in [0.717, 1.165) is 28.0 Å². The first kappa shape index (κ1) is 24.3. The summed E-state index contributed by atoms with van der Waals surface area (Å²) in [5, 5.41) is 2.92. The number of para-hydroxylation sites is 4. The molecule has 1 N–H and O–H groups in total. The molecule has 0 saturated heterocycles. The van der Waals surface area contributed by atoms with Gasteiger partial charge in [0.2, 0.25) is 0 Å². The van der Waals surface area contributed by atoms with E-state index in [1.165, 1.54) is 0 Å². The summed E-state index contributed by atoms with van der Waals surface area (Å²) in [6.07, 6.45) is 3.36. The lowest BCUT2D eigenvalue weighted by atomic mass is 10.3. The maximum atomic E-state index is 5.74. The Kier molecular flexibility index (Phi) is 5.78. The van der Waals surface area contributed by atoms with Crippen molar-refractivity contribution in [1.29, 1.82) is 0 Å². The third kappa shape index (κ3) is 4.78. The number of nitrogens with one attached hydrogen (secondary N) is 1. The number of nitrogens with zero attached hydrogens (tertiary/aromatic N) is 7. The van der Waals surface area contributed by atoms with Crippen molar-refractivity contribution in [3.05, 3.63) is 84.4 Å². The molecule has 0 saturated carbocycles. The molecule has 0 atom stereocenters. The van der Waals surface area contributed by atoms with E-state index in [-0.39, 0.29) is 0 Å². The molecule has 12 heteroatoms. The minimum Gasteiger partial charge on any atom is -0.423 e. The highest BCUT2D eigenvalue weighted by atomic mass is 16.4. The number of fused-ring (bicyclic) bond motifs is 4. The fourth-order valence-corrected chi connectivity index (χ4v) is 4.15. The normalized spacial score (nSPS) is 11.3. The van der Waals surface area contributed by atoms with Crippen LogP contribution in [-0.2, 0) is 0 Å². The van der Waals surface area contributed by atoms with Gasteiger partial charge in [-0.1, -0.05) is 24.3 Å². The Morgan fingerprint density at radius 1 is 0.561 bits per heavy atom. The Labute approximate surface area is 231 Å². The van der Waals surface area contributed by atoms with E-state index in [9.17, 15) is 0 Å². The molecular formula is C29H22N8O4. The molecular weight excluding hydrogens is 524 g/mol. The third-order valence-corrected chi connectivity index (χ3v) is 6.18. The predicted octanol–water partition coefficient (Wildman–Crippen LogP) is 6.86. The molecule has 6 aromatic heterocycles. The lowest BCUT2D eigenvalue weighted by Gasteiger charge is -2.07. The van der Waals surface area contributed by atoms with Gasteiger partial charge in [-0.05, 0) is 38.1 Å². The Bertz CT molecular complexity index is 2090. The summed E-state index contributed by atoms with van der Waals surface area (Å²) in [5.41, 5.74) is 7.55. The molecule has 0 aliphatic carbocycles. The first-order valence-corrected chi connectivity index (χ1v) is 12.7. The number of oxazole rings is 4. The average Bonchev–Trinajstić information content (AvgIpc) is 3.75. The number of anilines is 4. The zero-order valence-corrected chi connectivity index (χ0v) is 22.2. The zero-order chi connectivity index (χ0) is 27.9. The van der Waals surface area contributed by atoms with Crippen molar-refractivity contribution in [1.82, 2.24) is 29.9 Å². The monoisotopic (exact) mass is 546 g/mol. The summed E-state index contributed by atoms with van der Waals surface area (Å²) in [6, 6.07) is 20.4. The van der Waals surface area contributed by atoms with Crippen molar-refractivity contribution in [3.8, 4) is 0 Å². The topological polar surface area (TPSA) is 145 Å². The number of benzene rings is 2. The van der Waals surface area contributed by atoms with E-state index < -0.39 is 0 Å². The van der Waals surface area contributed by atoms with Crippen molar-refractivity contribution in [2.45, 2.75) is 13.8 Å². The molecule has 0 fully saturated rings. The van der Waals surface area contributed by atoms with Crippen molar-refractivity contribution >= 4 is 68.5 Å². The van der Waals surface area contributed by atoms with Crippen LogP contribution in [0.4, 0.5) is 24.1 Å². The quantitative estimate of drug-likeness (QED) is 0.246. The molecule has 0 unspecified atom stereocenters. The van der Waals surface area contributed by atoms with Gasteiger partial charge in [0.25, 0.3) is 0 Å². The van der Waals surface area contributed by atoms with E-state index in [1.54, 1.807) is 24.3 Å². The summed E-state index contributed by atoms with van der Waals surface area (Å²) < 4.78 is 22.6. The number of aromatic nitrogens is 6. The highest BCUT2D eigenvalue weighted by molar-refractivity contribution is 5.78. The van der Waals surface area contributed by atoms with Crippen molar-refractivity contribution in [2.75, 3.05) is 17.3 Å². The maximum Gasteiger partial charge on any atom is 0.306 e. The second kappa shape index (κ2) is 9.75. The first-order chi connectivity index (χ1) is 20.0. The molecule has 0 amide bonds. The largest absolute Gasteiger partial charge is 0.423 e. The summed E-state index contributed by atoms with van der Waals surface area (Å²) in [6.45, 7) is 3.81. The van der Waals surface area contributed by atoms with Crippen LogP contribution in [0, 0.1) is 13.8 Å². The van der Waals surface area contributed by atoms with Crippen LogP contribution in [0.1, 0.15) is 11.4 Å². The van der Waals surface area contributed by atoms with E-state index >= 15 is 0 Å². The Hall–Kier alpha value is -5.78. The standard InChI is InChI=1S/C15H12N4O2.C14H10N4O2/c1-9-7-13-11(8-16-9)18-15(21-13)19(2)14-17-10-5-3-4-6-12(10)20-14;1-8-6-12-10(7-15-8)17-14(20-12)18-13-16-9-4-2-3-5-11(9)19-13/h3-8H,1-2H3;2-7H,1H3,(H,16,17,18). The smallest absolute Gasteiger partial charge is 0.306 e. The molecule has 0 bridgehead atoms. The van der Waals surface area contributed by atoms with Crippen LogP contribution in [-0.4, -0.2) is 37.0 Å². The molecule has 0 aliphatic rings. The fourth-order valence-electron chi connectivity index (χ4n) is 4.15. The number of rotatable bonds is 4. The molecule has 0 spiro atoms. The zero-order valence-electron chi connectivity index (χ0n) is 22.2. The van der Waals surface area contributed by atoms with Crippen molar-refractivity contribution in [3.63, 3.8) is 0 Å². The molecule has 2 aromatic carbocycles. The van der Waals surface area contributed by atoms with Crippen molar-refractivity contribution in [2.24, 2.45) is 0 Å². The van der Waals surface area contributed by atoms with Crippen LogP contribution >= 0.6 is 0 Å². The van der Waals surface area contributed by atoms with Crippen LogP contribution in [0.5, 0.6) is 0 Å². The van der Waals surface area contributed by atoms with E-state index in [0.29, 0.717) is 51.8 Å². The lowest BCUT2D eigenvalue weighted by molar-refractivity contribution is 0.558. The number of hydrogen-bond acceptors (Lipinski definition) is 12. The van der Waals surface area contributed by atoms with Gasteiger partial charge in [-0.25, -0.2) is 0 Å². The molecule has 0 aliphatic heterocycles. The minimum absolute atomic E-state index is 0.332. The summed E-state index contributed by atoms with van der Waals surface area (Å²) >= 11 is 0. The molecule has 41 heavy (non-hydrogen) atoms. The predicted molar refractivity (Wildman–Crippen MR) is 152 cm³/mol. The molecule has 8 rings (SSSR count). The van der Waals surface area contributed by atoms with Gasteiger partial charge in [0.05, 0.1) is 12.4 Å². The Morgan fingerprint density at radius 3 is 1.66 bits per heavy atom. The third-order valence-electron chi connectivity index (χ3n) is 6.18. The average molecular weight is 547 g/mol. The lowest BCUT2D eigenvalue weighted by Crippen LogP contribution is -2.09. The van der Waals surface area contributed by atoms with E-state index in [2.05, 4.69) is 35.2 Å². The highest BCUT2D eigenvalue weighted by Crippen LogP contribution is 2.29. The van der Waals surface area contributed by atoms with Crippen LogP contribution in [0.15, 0.2) is 90.7 Å². The number of aryl methyl sites for hydroxylation is 2. The van der Waals surface area contributed by atoms with Crippen LogP contribution < -0.4 is 10.2 Å². The molecule has 6 heterocycles. The van der Waals surface area contributed by atoms with Gasteiger partial charge in [-0.2, -0.15) is 19.9 Å². The van der Waals surface area contributed by atoms with Gasteiger partial charge in [0.1, 0.15) is 22.1 Å². The van der Waals surface area contributed by atoms with Gasteiger partial charge in [-0.15, -0.1) is 0 Å². The number of hydrogen-bond donors (Lipinski definition) is 1. The summed E-state index contributed by atoms with van der Waals surface area (Å²) in [4.78, 5) is 27.5. The van der Waals surface area contributed by atoms with E-state index in [1.807, 2.05) is 74.5 Å². The van der Waals surface area contributed by atoms with Gasteiger partial charge in [0.15, 0.2) is 22.3 Å². The van der Waals surface area contributed by atoms with Crippen LogP contribution in [0.3, 0.4) is 0 Å². The van der Waals surface area contributed by atoms with Gasteiger partial charge in [-0.3, -0.25) is 20.2 Å². The minimum atomic E-state index is 0.332. The SMILES string of the molecule is Cc1cc2oc(N(C)c3nc4ccccc4o3)nc2cn1.Cc1cc2oc(Nc3nc4ccccc4o3)nc2cn1. The Balaban J connectivity index is 0.000000135. The van der Waals surface area contributed by atoms with Crippen LogP contribution in [0.2, 0.25) is 0 Å².